The van der Waals surface area contributed by atoms with Crippen LogP contribution in [0, 0.1) is 10.1 Å². The topological polar surface area (TPSA) is 127 Å². The molecule has 10 nitrogen and oxygen atoms in total. The number of ether oxygens (including phenoxy) is 2. The van der Waals surface area contributed by atoms with E-state index in [0.29, 0.717) is 23.5 Å². The molecule has 0 bridgehead atoms. The molecule has 2 N–H and O–H groups in total. The molecule has 0 spiro atoms. The fourth-order valence-electron chi connectivity index (χ4n) is 5.11. The summed E-state index contributed by atoms with van der Waals surface area (Å²) in [6.07, 6.45) is 4.61. The van der Waals surface area contributed by atoms with Crippen LogP contribution in [0.1, 0.15) is 56.4 Å². The minimum Gasteiger partial charge on any atom is -0.466 e. The number of allylic oxidation sites excluding steroid dienone is 2. The third kappa shape index (κ3) is 5.75. The van der Waals surface area contributed by atoms with Gasteiger partial charge in [-0.05, 0) is 57.5 Å². The van der Waals surface area contributed by atoms with E-state index in [0.717, 1.165) is 31.6 Å². The standard InChI is InChI=1S/C27H32N4O6/c1-17-23(26(32)36-3)25(19-9-7-10-20(15-19)31(34)35)24(18(2)29-17)27(33)37-22(21-11-8-12-28-21)16-30-13-5-4-6-14-30/h7-12,15,22,25,28-29H,4-6,13-14,16H2,1-3H3. The fourth-order valence-corrected chi connectivity index (χ4v) is 5.11. The SMILES string of the molecule is COC(=O)C1=C(C)NC(C)=C(C(=O)OC(CN2CCCCC2)c2ccc[nH]2)C1c1cccc([N+](=O)[O-])c1. The van der Waals surface area contributed by atoms with Gasteiger partial charge in [0.15, 0.2) is 6.10 Å². The van der Waals surface area contributed by atoms with E-state index >= 15 is 0 Å². The maximum atomic E-state index is 13.9. The number of carbonyl (C=O) groups excluding carboxylic acids is 2. The number of hydrogen-bond donors (Lipinski definition) is 2. The van der Waals surface area contributed by atoms with Gasteiger partial charge in [-0.3, -0.25) is 15.0 Å². The van der Waals surface area contributed by atoms with Crippen LogP contribution in [0.4, 0.5) is 5.69 Å². The number of nitrogens with one attached hydrogen (secondary N) is 2. The largest absolute Gasteiger partial charge is 0.466 e. The molecule has 2 atom stereocenters. The molecule has 0 radical (unpaired) electrons. The molecule has 2 unspecified atom stereocenters. The van der Waals surface area contributed by atoms with Gasteiger partial charge in [0.25, 0.3) is 5.69 Å². The second kappa shape index (κ2) is 11.4. The van der Waals surface area contributed by atoms with Gasteiger partial charge in [-0.1, -0.05) is 18.6 Å². The molecule has 2 aromatic rings. The molecule has 3 heterocycles. The lowest BCUT2D eigenvalue weighted by Crippen LogP contribution is -2.36. The number of carbonyl (C=O) groups is 2. The number of dihydropyridines is 1. The number of nitro groups is 1. The van der Waals surface area contributed by atoms with Gasteiger partial charge in [-0.25, -0.2) is 9.59 Å². The summed E-state index contributed by atoms with van der Waals surface area (Å²) in [6.45, 7) is 5.84. The summed E-state index contributed by atoms with van der Waals surface area (Å²) in [5.74, 6) is -2.14. The lowest BCUT2D eigenvalue weighted by molar-refractivity contribution is -0.384. The quantitative estimate of drug-likeness (QED) is 0.310. The van der Waals surface area contributed by atoms with Gasteiger partial charge in [0.05, 0.1) is 34.8 Å². The van der Waals surface area contributed by atoms with Crippen LogP contribution in [-0.2, 0) is 19.1 Å². The van der Waals surface area contributed by atoms with E-state index in [-0.39, 0.29) is 16.8 Å². The Morgan fingerprint density at radius 2 is 1.78 bits per heavy atom. The minimum atomic E-state index is -0.902. The van der Waals surface area contributed by atoms with Crippen LogP contribution in [0.25, 0.3) is 0 Å². The second-order valence-electron chi connectivity index (χ2n) is 9.36. The first-order valence-corrected chi connectivity index (χ1v) is 12.4. The number of likely N-dealkylation sites (tertiary alicyclic amines) is 1. The number of nitro benzene ring substituents is 1. The van der Waals surface area contributed by atoms with Gasteiger partial charge in [-0.2, -0.15) is 0 Å². The molecule has 1 aromatic carbocycles. The van der Waals surface area contributed by atoms with Gasteiger partial charge < -0.3 is 19.8 Å². The van der Waals surface area contributed by atoms with E-state index in [1.54, 1.807) is 26.1 Å². The van der Waals surface area contributed by atoms with E-state index in [9.17, 15) is 19.7 Å². The van der Waals surface area contributed by atoms with E-state index in [1.165, 1.54) is 31.7 Å². The van der Waals surface area contributed by atoms with Crippen molar-refractivity contribution in [3.8, 4) is 0 Å². The number of aromatic amines is 1. The number of nitrogens with zero attached hydrogens (tertiary/aromatic N) is 2. The van der Waals surface area contributed by atoms with E-state index in [2.05, 4.69) is 15.2 Å². The van der Waals surface area contributed by atoms with Crippen LogP contribution < -0.4 is 5.32 Å². The molecular formula is C27H32N4O6. The molecule has 0 aliphatic carbocycles. The van der Waals surface area contributed by atoms with Gasteiger partial charge >= 0.3 is 11.9 Å². The molecule has 4 rings (SSSR count). The molecule has 37 heavy (non-hydrogen) atoms. The normalized spacial score (nSPS) is 19.3. The Labute approximate surface area is 215 Å². The van der Waals surface area contributed by atoms with Gasteiger partial charge in [-0.15, -0.1) is 0 Å². The molecule has 0 amide bonds. The number of rotatable bonds is 8. The highest BCUT2D eigenvalue weighted by Gasteiger charge is 2.39. The number of piperidine rings is 1. The summed E-state index contributed by atoms with van der Waals surface area (Å²) < 4.78 is 11.2. The highest BCUT2D eigenvalue weighted by Crippen LogP contribution is 2.40. The number of H-pyrrole nitrogens is 1. The highest BCUT2D eigenvalue weighted by atomic mass is 16.6. The third-order valence-electron chi connectivity index (χ3n) is 6.89. The average molecular weight is 509 g/mol. The minimum absolute atomic E-state index is 0.141. The van der Waals surface area contributed by atoms with E-state index < -0.39 is 28.9 Å². The first kappa shape index (κ1) is 26.2. The Kier molecular flexibility index (Phi) is 8.08. The first-order valence-electron chi connectivity index (χ1n) is 12.4. The number of non-ortho nitro benzene ring substituents is 1. The molecular weight excluding hydrogens is 476 g/mol. The van der Waals surface area contributed by atoms with Crippen LogP contribution in [0.2, 0.25) is 0 Å². The second-order valence-corrected chi connectivity index (χ2v) is 9.36. The molecule has 2 aliphatic rings. The Bertz CT molecular complexity index is 1230. The number of benzene rings is 1. The third-order valence-corrected chi connectivity index (χ3v) is 6.89. The Morgan fingerprint density at radius 3 is 2.41 bits per heavy atom. The van der Waals surface area contributed by atoms with Crippen molar-refractivity contribution in [1.82, 2.24) is 15.2 Å². The van der Waals surface area contributed by atoms with Crippen LogP contribution in [0.15, 0.2) is 65.1 Å². The Balaban J connectivity index is 1.72. The number of hydrogen-bond acceptors (Lipinski definition) is 8. The number of esters is 2. The highest BCUT2D eigenvalue weighted by molar-refractivity contribution is 6.00. The summed E-state index contributed by atoms with van der Waals surface area (Å²) >= 11 is 0. The maximum Gasteiger partial charge on any atom is 0.337 e. The zero-order chi connectivity index (χ0) is 26.5. The molecule has 1 saturated heterocycles. The summed E-state index contributed by atoms with van der Waals surface area (Å²) in [4.78, 5) is 43.2. The first-order chi connectivity index (χ1) is 17.8. The summed E-state index contributed by atoms with van der Waals surface area (Å²) in [5.41, 5.74) is 2.48. The predicted molar refractivity (Wildman–Crippen MR) is 136 cm³/mol. The van der Waals surface area contributed by atoms with Crippen molar-refractivity contribution in [2.45, 2.75) is 45.1 Å². The smallest absolute Gasteiger partial charge is 0.337 e. The summed E-state index contributed by atoms with van der Waals surface area (Å²) in [5, 5.41) is 14.6. The van der Waals surface area contributed by atoms with Crippen LogP contribution in [0.5, 0.6) is 0 Å². The molecule has 0 saturated carbocycles. The molecule has 196 valence electrons. The lowest BCUT2D eigenvalue weighted by Gasteiger charge is -2.33. The Hall–Kier alpha value is -3.92. The van der Waals surface area contributed by atoms with Crippen molar-refractivity contribution >= 4 is 17.6 Å². The average Bonchev–Trinajstić information content (AvgIpc) is 3.43. The van der Waals surface area contributed by atoms with Crippen molar-refractivity contribution in [1.29, 1.82) is 0 Å². The maximum absolute atomic E-state index is 13.9. The monoisotopic (exact) mass is 508 g/mol. The van der Waals surface area contributed by atoms with Crippen LogP contribution in [0.3, 0.4) is 0 Å². The van der Waals surface area contributed by atoms with Gasteiger partial charge in [0.2, 0.25) is 0 Å². The molecule has 1 fully saturated rings. The molecule has 1 aromatic heterocycles. The van der Waals surface area contributed by atoms with Crippen molar-refractivity contribution in [3.05, 3.63) is 86.5 Å². The summed E-state index contributed by atoms with van der Waals surface area (Å²) in [6, 6.07) is 9.68. The Morgan fingerprint density at radius 1 is 1.08 bits per heavy atom. The van der Waals surface area contributed by atoms with Crippen molar-refractivity contribution in [3.63, 3.8) is 0 Å². The van der Waals surface area contributed by atoms with Gasteiger partial charge in [0, 0.05) is 36.3 Å². The van der Waals surface area contributed by atoms with Crippen molar-refractivity contribution < 1.29 is 24.0 Å². The van der Waals surface area contributed by atoms with E-state index in [4.69, 9.17) is 9.47 Å². The zero-order valence-electron chi connectivity index (χ0n) is 21.3. The number of methoxy groups -OCH3 is 1. The fraction of sp³-hybridized carbons (Fsp3) is 0.407. The molecule has 10 heteroatoms. The van der Waals surface area contributed by atoms with Crippen LogP contribution >= 0.6 is 0 Å². The lowest BCUT2D eigenvalue weighted by atomic mass is 9.80. The zero-order valence-corrected chi connectivity index (χ0v) is 21.3. The van der Waals surface area contributed by atoms with E-state index in [1.807, 2.05) is 12.1 Å². The van der Waals surface area contributed by atoms with Crippen molar-refractivity contribution in [2.75, 3.05) is 26.7 Å². The molecule has 2 aliphatic heterocycles. The number of aromatic nitrogens is 1. The predicted octanol–water partition coefficient (Wildman–Crippen LogP) is 4.10. The van der Waals surface area contributed by atoms with Crippen molar-refractivity contribution in [2.24, 2.45) is 0 Å². The van der Waals surface area contributed by atoms with Crippen LogP contribution in [-0.4, -0.2) is 53.5 Å². The summed E-state index contributed by atoms with van der Waals surface area (Å²) in [7, 11) is 1.26. The van der Waals surface area contributed by atoms with Gasteiger partial charge in [0.1, 0.15) is 0 Å².